The van der Waals surface area contributed by atoms with Gasteiger partial charge in [0.05, 0.1) is 5.54 Å². The lowest BCUT2D eigenvalue weighted by Crippen LogP contribution is -2.55. The van der Waals surface area contributed by atoms with Crippen molar-refractivity contribution in [2.45, 2.75) is 52.5 Å². The molecule has 0 aliphatic rings. The molecule has 0 aliphatic heterocycles. The van der Waals surface area contributed by atoms with Crippen LogP contribution < -0.4 is 5.43 Å². The van der Waals surface area contributed by atoms with E-state index in [0.29, 0.717) is 16.1 Å². The number of amides is 2. The maximum Gasteiger partial charge on any atom is 0.272 e. The van der Waals surface area contributed by atoms with Crippen molar-refractivity contribution < 1.29 is 9.59 Å². The van der Waals surface area contributed by atoms with Crippen LogP contribution >= 0.6 is 11.6 Å². The fraction of sp³-hybridized carbons (Fsp3) is 0.364. The number of hydrogen-bond donors (Lipinski definition) is 1. The van der Waals surface area contributed by atoms with Crippen molar-refractivity contribution in [1.82, 2.24) is 10.4 Å². The summed E-state index contributed by atoms with van der Waals surface area (Å²) in [4.78, 5) is 25.6. The van der Waals surface area contributed by atoms with Gasteiger partial charge in [-0.2, -0.15) is 0 Å². The highest BCUT2D eigenvalue weighted by molar-refractivity contribution is 6.30. The highest BCUT2D eigenvalue weighted by Gasteiger charge is 2.29. The average molecular weight is 387 g/mol. The summed E-state index contributed by atoms with van der Waals surface area (Å²) in [5.74, 6) is -0.596. The maximum absolute atomic E-state index is 12.9. The number of unbranched alkanes of at least 4 members (excludes halogenated alkanes) is 1. The Labute approximate surface area is 166 Å². The van der Waals surface area contributed by atoms with Crippen molar-refractivity contribution in [3.63, 3.8) is 0 Å². The predicted molar refractivity (Wildman–Crippen MR) is 110 cm³/mol. The SMILES string of the molecule is CCCCc1ccc(C(=O)NN(C(=O)c2ccc(Cl)cc2)C(C)(C)C)cc1. The Balaban J connectivity index is 2.17. The van der Waals surface area contributed by atoms with E-state index in [9.17, 15) is 9.59 Å². The number of halogens is 1. The maximum atomic E-state index is 12.9. The number of hydrazine groups is 1. The molecule has 0 fully saturated rings. The summed E-state index contributed by atoms with van der Waals surface area (Å²) >= 11 is 5.90. The van der Waals surface area contributed by atoms with Crippen LogP contribution in [0.5, 0.6) is 0 Å². The Kier molecular flexibility index (Phi) is 7.03. The Morgan fingerprint density at radius 3 is 2.04 bits per heavy atom. The highest BCUT2D eigenvalue weighted by atomic mass is 35.5. The van der Waals surface area contributed by atoms with E-state index in [2.05, 4.69) is 12.3 Å². The van der Waals surface area contributed by atoms with E-state index >= 15 is 0 Å². The Hall–Kier alpha value is -2.33. The number of rotatable bonds is 5. The minimum Gasteiger partial charge on any atom is -0.267 e. The number of hydrogen-bond acceptors (Lipinski definition) is 2. The van der Waals surface area contributed by atoms with Crippen molar-refractivity contribution in [3.05, 3.63) is 70.2 Å². The van der Waals surface area contributed by atoms with Crippen molar-refractivity contribution >= 4 is 23.4 Å². The largest absolute Gasteiger partial charge is 0.272 e. The molecular weight excluding hydrogens is 360 g/mol. The van der Waals surface area contributed by atoms with Crippen LogP contribution in [-0.4, -0.2) is 22.4 Å². The number of aryl methyl sites for hydroxylation is 1. The summed E-state index contributed by atoms with van der Waals surface area (Å²) in [6.07, 6.45) is 3.26. The minimum atomic E-state index is -0.590. The van der Waals surface area contributed by atoms with E-state index in [1.807, 2.05) is 32.9 Å². The van der Waals surface area contributed by atoms with Gasteiger partial charge in [0.25, 0.3) is 11.8 Å². The van der Waals surface area contributed by atoms with Gasteiger partial charge >= 0.3 is 0 Å². The molecule has 4 nitrogen and oxygen atoms in total. The summed E-state index contributed by atoms with van der Waals surface area (Å²) in [5, 5.41) is 1.92. The minimum absolute atomic E-state index is 0.285. The van der Waals surface area contributed by atoms with E-state index in [0.717, 1.165) is 19.3 Å². The Morgan fingerprint density at radius 1 is 0.963 bits per heavy atom. The third kappa shape index (κ3) is 5.83. The van der Waals surface area contributed by atoms with Gasteiger partial charge in [-0.3, -0.25) is 15.0 Å². The molecule has 1 N–H and O–H groups in total. The summed E-state index contributed by atoms with van der Waals surface area (Å²) in [7, 11) is 0. The zero-order valence-electron chi connectivity index (χ0n) is 16.4. The second kappa shape index (κ2) is 9.05. The van der Waals surface area contributed by atoms with Crippen LogP contribution in [0.2, 0.25) is 5.02 Å². The quantitative estimate of drug-likeness (QED) is 0.711. The van der Waals surface area contributed by atoms with Gasteiger partial charge in [-0.15, -0.1) is 0 Å². The van der Waals surface area contributed by atoms with Gasteiger partial charge in [0.1, 0.15) is 0 Å². The highest BCUT2D eigenvalue weighted by Crippen LogP contribution is 2.18. The molecular formula is C22H27ClN2O2. The van der Waals surface area contributed by atoms with Gasteiger partial charge in [-0.05, 0) is 75.6 Å². The molecule has 0 aliphatic carbocycles. The first-order valence-corrected chi connectivity index (χ1v) is 9.60. The normalized spacial score (nSPS) is 11.1. The average Bonchev–Trinajstić information content (AvgIpc) is 2.63. The second-order valence-electron chi connectivity index (χ2n) is 7.56. The van der Waals surface area contributed by atoms with E-state index in [1.165, 1.54) is 10.6 Å². The van der Waals surface area contributed by atoms with Crippen molar-refractivity contribution in [2.75, 3.05) is 0 Å². The number of benzene rings is 2. The molecule has 0 bridgehead atoms. The van der Waals surface area contributed by atoms with Gasteiger partial charge in [-0.25, -0.2) is 5.01 Å². The summed E-state index contributed by atoms with van der Waals surface area (Å²) in [6.45, 7) is 7.76. The summed E-state index contributed by atoms with van der Waals surface area (Å²) in [5.41, 5.74) is 4.36. The standard InChI is InChI=1S/C22H27ClN2O2/c1-5-6-7-16-8-10-17(11-9-16)20(26)24-25(22(2,3)4)21(27)18-12-14-19(23)15-13-18/h8-15H,5-7H2,1-4H3,(H,24,26). The molecule has 2 amide bonds. The molecule has 0 saturated heterocycles. The third-order valence-corrected chi connectivity index (χ3v) is 4.47. The topological polar surface area (TPSA) is 49.4 Å². The fourth-order valence-electron chi connectivity index (χ4n) is 2.61. The summed E-state index contributed by atoms with van der Waals surface area (Å²) < 4.78 is 0. The molecule has 0 heterocycles. The molecule has 5 heteroatoms. The first kappa shape index (κ1) is 21.0. The number of carbonyl (C=O) groups excluding carboxylic acids is 2. The van der Waals surface area contributed by atoms with Crippen molar-refractivity contribution in [3.8, 4) is 0 Å². The summed E-state index contributed by atoms with van der Waals surface area (Å²) in [6, 6.07) is 14.1. The zero-order chi connectivity index (χ0) is 20.0. The molecule has 0 atom stereocenters. The molecule has 27 heavy (non-hydrogen) atoms. The van der Waals surface area contributed by atoms with Crippen LogP contribution in [0.3, 0.4) is 0 Å². The van der Waals surface area contributed by atoms with Gasteiger partial charge in [0.2, 0.25) is 0 Å². The van der Waals surface area contributed by atoms with E-state index in [1.54, 1.807) is 36.4 Å². The fourth-order valence-corrected chi connectivity index (χ4v) is 2.74. The smallest absolute Gasteiger partial charge is 0.267 e. The first-order chi connectivity index (χ1) is 12.7. The molecule has 0 aromatic heterocycles. The van der Waals surface area contributed by atoms with Gasteiger partial charge < -0.3 is 0 Å². The molecule has 0 saturated carbocycles. The van der Waals surface area contributed by atoms with Crippen molar-refractivity contribution in [1.29, 1.82) is 0 Å². The van der Waals surface area contributed by atoms with Crippen LogP contribution in [-0.2, 0) is 6.42 Å². The lowest BCUT2D eigenvalue weighted by Gasteiger charge is -2.35. The molecule has 2 aromatic carbocycles. The van der Waals surface area contributed by atoms with Gasteiger partial charge in [0.15, 0.2) is 0 Å². The van der Waals surface area contributed by atoms with E-state index in [4.69, 9.17) is 11.6 Å². The van der Waals surface area contributed by atoms with E-state index < -0.39 is 5.54 Å². The molecule has 0 spiro atoms. The molecule has 2 aromatic rings. The third-order valence-electron chi connectivity index (χ3n) is 4.21. The number of nitrogens with zero attached hydrogens (tertiary/aromatic N) is 1. The molecule has 2 rings (SSSR count). The number of nitrogens with one attached hydrogen (secondary N) is 1. The van der Waals surface area contributed by atoms with Gasteiger partial charge in [0, 0.05) is 16.1 Å². The second-order valence-corrected chi connectivity index (χ2v) is 8.00. The van der Waals surface area contributed by atoms with Crippen LogP contribution in [0, 0.1) is 0 Å². The van der Waals surface area contributed by atoms with Crippen LogP contribution in [0.1, 0.15) is 66.8 Å². The van der Waals surface area contributed by atoms with Crippen molar-refractivity contribution in [2.24, 2.45) is 0 Å². The molecule has 0 radical (unpaired) electrons. The van der Waals surface area contributed by atoms with Crippen LogP contribution in [0.4, 0.5) is 0 Å². The predicted octanol–water partition coefficient (Wildman–Crippen LogP) is 5.27. The zero-order valence-corrected chi connectivity index (χ0v) is 17.1. The van der Waals surface area contributed by atoms with Crippen LogP contribution in [0.25, 0.3) is 0 Å². The lowest BCUT2D eigenvalue weighted by atomic mass is 10.1. The van der Waals surface area contributed by atoms with E-state index in [-0.39, 0.29) is 11.8 Å². The Bertz CT molecular complexity index is 777. The first-order valence-electron chi connectivity index (χ1n) is 9.22. The molecule has 144 valence electrons. The van der Waals surface area contributed by atoms with Gasteiger partial charge in [-0.1, -0.05) is 37.1 Å². The Morgan fingerprint density at radius 2 is 1.52 bits per heavy atom. The monoisotopic (exact) mass is 386 g/mol. The van der Waals surface area contributed by atoms with Crippen LogP contribution in [0.15, 0.2) is 48.5 Å². The molecule has 0 unspecified atom stereocenters. The number of carbonyl (C=O) groups is 2. The lowest BCUT2D eigenvalue weighted by molar-refractivity contribution is 0.0358.